The Morgan fingerprint density at radius 3 is 2.75 bits per heavy atom. The van der Waals surface area contributed by atoms with Crippen LogP contribution in [0.5, 0.6) is 0 Å². The number of nitro benzene ring substituents is 1. The number of hydrogen-bond donors (Lipinski definition) is 0. The summed E-state index contributed by atoms with van der Waals surface area (Å²) >= 11 is 0. The van der Waals surface area contributed by atoms with Gasteiger partial charge in [-0.1, -0.05) is 6.07 Å². The molecule has 0 N–H and O–H groups in total. The molecule has 6 nitrogen and oxygen atoms in total. The molecule has 0 amide bonds. The second kappa shape index (κ2) is 5.92. The van der Waals surface area contributed by atoms with E-state index in [1.54, 1.807) is 18.3 Å². The Morgan fingerprint density at radius 2 is 2.15 bits per heavy atom. The Balaban J connectivity index is 2.39. The largest absolute Gasteiger partial charge is 0.465 e. The summed E-state index contributed by atoms with van der Waals surface area (Å²) in [7, 11) is 1.24. The van der Waals surface area contributed by atoms with Crippen molar-refractivity contribution in [3.8, 4) is 0 Å². The molecule has 102 valence electrons. The predicted molar refractivity (Wildman–Crippen MR) is 71.5 cm³/mol. The van der Waals surface area contributed by atoms with Crippen LogP contribution >= 0.6 is 0 Å². The molecule has 0 bridgehead atoms. The van der Waals surface area contributed by atoms with E-state index in [4.69, 9.17) is 0 Å². The molecular weight excluding hydrogens is 260 g/mol. The summed E-state index contributed by atoms with van der Waals surface area (Å²) in [5.41, 5.74) is 1.42. The zero-order valence-corrected chi connectivity index (χ0v) is 10.8. The molecule has 0 aliphatic heterocycles. The molecule has 0 fully saturated rings. The number of nitrogens with zero attached hydrogens (tertiary/aromatic N) is 2. The predicted octanol–water partition coefficient (Wildman–Crippen LogP) is 2.37. The van der Waals surface area contributed by atoms with Gasteiger partial charge in [0, 0.05) is 30.4 Å². The van der Waals surface area contributed by atoms with Gasteiger partial charge in [-0.2, -0.15) is 0 Å². The van der Waals surface area contributed by atoms with Crippen LogP contribution < -0.4 is 0 Å². The minimum Gasteiger partial charge on any atom is -0.465 e. The van der Waals surface area contributed by atoms with Crippen LogP contribution in [0.25, 0.3) is 0 Å². The highest BCUT2D eigenvalue weighted by atomic mass is 16.6. The van der Waals surface area contributed by atoms with Gasteiger partial charge >= 0.3 is 5.97 Å². The van der Waals surface area contributed by atoms with Crippen LogP contribution in [-0.4, -0.2) is 23.0 Å². The van der Waals surface area contributed by atoms with E-state index in [-0.39, 0.29) is 11.3 Å². The molecule has 2 aromatic rings. The summed E-state index contributed by atoms with van der Waals surface area (Å²) < 4.78 is 4.60. The number of non-ortho nitro benzene ring substituents is 1. The molecule has 2 rings (SSSR count). The van der Waals surface area contributed by atoms with Crippen molar-refractivity contribution in [2.24, 2.45) is 0 Å². The normalized spacial score (nSPS) is 10.1. The van der Waals surface area contributed by atoms with Gasteiger partial charge < -0.3 is 4.74 Å². The minimum absolute atomic E-state index is 0.140. The van der Waals surface area contributed by atoms with E-state index in [2.05, 4.69) is 9.72 Å². The second-order valence-electron chi connectivity index (χ2n) is 4.13. The van der Waals surface area contributed by atoms with E-state index in [0.717, 1.165) is 5.69 Å². The van der Waals surface area contributed by atoms with Crippen LogP contribution in [0.1, 0.15) is 21.6 Å². The fourth-order valence-electron chi connectivity index (χ4n) is 1.83. The van der Waals surface area contributed by atoms with Crippen LogP contribution in [0.15, 0.2) is 42.6 Å². The molecule has 0 saturated carbocycles. The number of methoxy groups -OCH3 is 1. The number of benzene rings is 1. The Morgan fingerprint density at radius 1 is 1.35 bits per heavy atom. The zero-order valence-electron chi connectivity index (χ0n) is 10.8. The lowest BCUT2D eigenvalue weighted by Gasteiger charge is -2.05. The third-order valence-electron chi connectivity index (χ3n) is 2.72. The third-order valence-corrected chi connectivity index (χ3v) is 2.72. The standard InChI is InChI=1S/C14H12N2O4/c1-20-14(17)11-6-10(8-13(9-11)16(18)19)7-12-4-2-3-5-15-12/h2-6,8-9H,7H2,1H3. The molecule has 0 unspecified atom stereocenters. The third kappa shape index (κ3) is 3.17. The number of esters is 1. The molecule has 20 heavy (non-hydrogen) atoms. The van der Waals surface area contributed by atoms with Crippen molar-refractivity contribution in [2.45, 2.75) is 6.42 Å². The average Bonchev–Trinajstić information content (AvgIpc) is 2.47. The van der Waals surface area contributed by atoms with Crippen molar-refractivity contribution in [1.82, 2.24) is 4.98 Å². The van der Waals surface area contributed by atoms with Crippen molar-refractivity contribution in [3.63, 3.8) is 0 Å². The highest BCUT2D eigenvalue weighted by molar-refractivity contribution is 5.90. The molecule has 0 radical (unpaired) electrons. The molecule has 0 atom stereocenters. The van der Waals surface area contributed by atoms with Gasteiger partial charge in [0.05, 0.1) is 17.6 Å². The first-order chi connectivity index (χ1) is 9.60. The van der Waals surface area contributed by atoms with E-state index in [1.807, 2.05) is 12.1 Å². The number of aromatic nitrogens is 1. The highest BCUT2D eigenvalue weighted by Crippen LogP contribution is 2.20. The van der Waals surface area contributed by atoms with Gasteiger partial charge in [-0.05, 0) is 23.8 Å². The fraction of sp³-hybridized carbons (Fsp3) is 0.143. The van der Waals surface area contributed by atoms with Gasteiger partial charge in [0.1, 0.15) is 0 Å². The number of carbonyl (C=O) groups is 1. The topological polar surface area (TPSA) is 82.3 Å². The lowest BCUT2D eigenvalue weighted by molar-refractivity contribution is -0.384. The number of ether oxygens (including phenoxy) is 1. The van der Waals surface area contributed by atoms with E-state index < -0.39 is 10.9 Å². The molecule has 1 heterocycles. The van der Waals surface area contributed by atoms with Crippen LogP contribution in [0, 0.1) is 10.1 Å². The van der Waals surface area contributed by atoms with Crippen LogP contribution in [0.2, 0.25) is 0 Å². The van der Waals surface area contributed by atoms with Crippen LogP contribution in [0.4, 0.5) is 5.69 Å². The quantitative estimate of drug-likeness (QED) is 0.484. The van der Waals surface area contributed by atoms with Crippen molar-refractivity contribution >= 4 is 11.7 Å². The molecule has 0 saturated heterocycles. The van der Waals surface area contributed by atoms with Crippen molar-refractivity contribution in [1.29, 1.82) is 0 Å². The van der Waals surface area contributed by atoms with E-state index in [1.165, 1.54) is 19.2 Å². The molecule has 6 heteroatoms. The van der Waals surface area contributed by atoms with Crippen molar-refractivity contribution < 1.29 is 14.5 Å². The lowest BCUT2D eigenvalue weighted by Crippen LogP contribution is -2.04. The number of hydrogen-bond acceptors (Lipinski definition) is 5. The van der Waals surface area contributed by atoms with Crippen LogP contribution in [-0.2, 0) is 11.2 Å². The summed E-state index contributed by atoms with van der Waals surface area (Å²) in [6, 6.07) is 9.65. The van der Waals surface area contributed by atoms with Crippen molar-refractivity contribution in [2.75, 3.05) is 7.11 Å². The molecular formula is C14H12N2O4. The SMILES string of the molecule is COC(=O)c1cc(Cc2ccccn2)cc([N+](=O)[O-])c1. The molecule has 1 aromatic carbocycles. The number of nitro groups is 1. The van der Waals surface area contributed by atoms with Gasteiger partial charge in [-0.15, -0.1) is 0 Å². The smallest absolute Gasteiger partial charge is 0.338 e. The average molecular weight is 272 g/mol. The highest BCUT2D eigenvalue weighted by Gasteiger charge is 2.15. The van der Waals surface area contributed by atoms with E-state index >= 15 is 0 Å². The monoisotopic (exact) mass is 272 g/mol. The number of pyridine rings is 1. The minimum atomic E-state index is -0.601. The van der Waals surface area contributed by atoms with Gasteiger partial charge in [0.2, 0.25) is 0 Å². The van der Waals surface area contributed by atoms with E-state index in [9.17, 15) is 14.9 Å². The fourth-order valence-corrected chi connectivity index (χ4v) is 1.83. The van der Waals surface area contributed by atoms with Crippen LogP contribution in [0.3, 0.4) is 0 Å². The van der Waals surface area contributed by atoms with Gasteiger partial charge in [-0.25, -0.2) is 4.79 Å². The Kier molecular flexibility index (Phi) is 4.05. The zero-order chi connectivity index (χ0) is 14.5. The lowest BCUT2D eigenvalue weighted by atomic mass is 10.0. The summed E-state index contributed by atoms with van der Waals surface area (Å²) in [6.07, 6.45) is 2.06. The molecule has 0 aliphatic carbocycles. The van der Waals surface area contributed by atoms with Crippen molar-refractivity contribution in [3.05, 3.63) is 69.5 Å². The number of rotatable bonds is 4. The molecule has 1 aromatic heterocycles. The maximum absolute atomic E-state index is 11.5. The Bertz CT molecular complexity index is 641. The maximum atomic E-state index is 11.5. The first-order valence-corrected chi connectivity index (χ1v) is 5.86. The molecule has 0 spiro atoms. The van der Waals surface area contributed by atoms with Gasteiger partial charge in [0.25, 0.3) is 5.69 Å². The maximum Gasteiger partial charge on any atom is 0.338 e. The Hall–Kier alpha value is -2.76. The Labute approximate surface area is 115 Å². The number of carbonyl (C=O) groups excluding carboxylic acids is 1. The van der Waals surface area contributed by atoms with E-state index in [0.29, 0.717) is 12.0 Å². The first-order valence-electron chi connectivity index (χ1n) is 5.86. The summed E-state index contributed by atoms with van der Waals surface area (Å²) in [5.74, 6) is -0.601. The van der Waals surface area contributed by atoms with Gasteiger partial charge in [0.15, 0.2) is 0 Å². The van der Waals surface area contributed by atoms with Gasteiger partial charge in [-0.3, -0.25) is 15.1 Å². The summed E-state index contributed by atoms with van der Waals surface area (Å²) in [6.45, 7) is 0. The summed E-state index contributed by atoms with van der Waals surface area (Å²) in [4.78, 5) is 26.1. The molecule has 0 aliphatic rings. The first kappa shape index (κ1) is 13.7. The summed E-state index contributed by atoms with van der Waals surface area (Å²) in [5, 5.41) is 10.9. The second-order valence-corrected chi connectivity index (χ2v) is 4.13.